The number of likely N-dealkylation sites (tertiary alicyclic amines) is 1. The molecule has 0 radical (unpaired) electrons. The topological polar surface area (TPSA) is 70.6 Å². The summed E-state index contributed by atoms with van der Waals surface area (Å²) in [4.78, 5) is 18.2. The van der Waals surface area contributed by atoms with E-state index in [1.165, 1.54) is 6.26 Å². The maximum absolute atomic E-state index is 12.3. The molecule has 1 aromatic heterocycles. The van der Waals surface area contributed by atoms with Crippen LogP contribution in [0.1, 0.15) is 31.2 Å². The molecule has 3 rings (SSSR count). The van der Waals surface area contributed by atoms with Gasteiger partial charge in [-0.2, -0.15) is 0 Å². The van der Waals surface area contributed by atoms with Crippen LogP contribution >= 0.6 is 0 Å². The van der Waals surface area contributed by atoms with Gasteiger partial charge in [-0.3, -0.25) is 9.78 Å². The first-order chi connectivity index (χ1) is 10.9. The maximum Gasteiger partial charge on any atom is 0.222 e. The second kappa shape index (κ2) is 6.20. The molecule has 0 aromatic carbocycles. The van der Waals surface area contributed by atoms with Crippen molar-refractivity contribution in [3.63, 3.8) is 0 Å². The Kier molecular flexibility index (Phi) is 4.42. The molecule has 0 bridgehead atoms. The minimum Gasteiger partial charge on any atom is -0.338 e. The molecule has 23 heavy (non-hydrogen) atoms. The summed E-state index contributed by atoms with van der Waals surface area (Å²) >= 11 is 0. The highest BCUT2D eigenvalue weighted by Crippen LogP contribution is 2.41. The minimum atomic E-state index is -3.11. The van der Waals surface area contributed by atoms with E-state index in [1.54, 1.807) is 16.7 Å². The van der Waals surface area contributed by atoms with Crippen LogP contribution in [0.4, 0.5) is 0 Å². The zero-order chi connectivity index (χ0) is 16.5. The molecule has 2 fully saturated rings. The molecular weight excluding hydrogens is 314 g/mol. The Bertz CT molecular complexity index is 667. The van der Waals surface area contributed by atoms with Crippen LogP contribution in [0.25, 0.3) is 0 Å². The Morgan fingerprint density at radius 2 is 1.83 bits per heavy atom. The fourth-order valence-corrected chi connectivity index (χ4v) is 4.50. The number of carbonyl (C=O) groups is 1. The average molecular weight is 337 g/mol. The Hall–Kier alpha value is -1.47. The summed E-state index contributed by atoms with van der Waals surface area (Å²) in [6.07, 6.45) is 7.85. The van der Waals surface area contributed by atoms with Gasteiger partial charge in [0.2, 0.25) is 15.9 Å². The number of aromatic nitrogens is 1. The molecule has 0 N–H and O–H groups in total. The van der Waals surface area contributed by atoms with Gasteiger partial charge in [-0.05, 0) is 42.4 Å². The zero-order valence-corrected chi connectivity index (χ0v) is 14.3. The summed E-state index contributed by atoms with van der Waals surface area (Å²) in [5, 5.41) is 0. The SMILES string of the molecule is CS(=O)(=O)N1CCC2(CCC(=O)N(Cc3ccncc3)C2)CC1. The standard InChI is InChI=1S/C16H23N3O3S/c1-23(21,22)19-10-6-16(7-11-19)5-2-15(20)18(13-16)12-14-3-8-17-9-4-14/h3-4,8-9H,2,5-7,10-13H2,1H3. The minimum absolute atomic E-state index is 0.0716. The third-order valence-electron chi connectivity index (χ3n) is 5.12. The lowest BCUT2D eigenvalue weighted by Gasteiger charge is -2.47. The van der Waals surface area contributed by atoms with Gasteiger partial charge in [0, 0.05) is 45.0 Å². The van der Waals surface area contributed by atoms with Gasteiger partial charge in [-0.15, -0.1) is 0 Å². The van der Waals surface area contributed by atoms with E-state index < -0.39 is 10.0 Å². The van der Waals surface area contributed by atoms with Crippen LogP contribution < -0.4 is 0 Å². The molecular formula is C16H23N3O3S. The van der Waals surface area contributed by atoms with E-state index in [0.717, 1.165) is 31.4 Å². The Morgan fingerprint density at radius 1 is 1.17 bits per heavy atom. The number of rotatable bonds is 3. The molecule has 0 atom stereocenters. The lowest BCUT2D eigenvalue weighted by atomic mass is 9.72. The van der Waals surface area contributed by atoms with E-state index in [-0.39, 0.29) is 11.3 Å². The van der Waals surface area contributed by atoms with Gasteiger partial charge in [0.1, 0.15) is 0 Å². The summed E-state index contributed by atoms with van der Waals surface area (Å²) in [6, 6.07) is 3.86. The summed E-state index contributed by atoms with van der Waals surface area (Å²) in [6.45, 7) is 2.47. The molecule has 1 amide bonds. The monoisotopic (exact) mass is 337 g/mol. The molecule has 2 aliphatic rings. The van der Waals surface area contributed by atoms with Crippen LogP contribution in [-0.4, -0.2) is 54.4 Å². The quantitative estimate of drug-likeness (QED) is 0.832. The van der Waals surface area contributed by atoms with Crippen molar-refractivity contribution in [3.8, 4) is 0 Å². The number of pyridine rings is 1. The molecule has 3 heterocycles. The summed E-state index contributed by atoms with van der Waals surface area (Å²) in [5.74, 6) is 0.193. The average Bonchev–Trinajstić information content (AvgIpc) is 2.52. The number of carbonyl (C=O) groups excluding carboxylic acids is 1. The van der Waals surface area contributed by atoms with E-state index in [0.29, 0.717) is 26.1 Å². The number of hydrogen-bond acceptors (Lipinski definition) is 4. The first-order valence-corrected chi connectivity index (χ1v) is 9.85. The van der Waals surface area contributed by atoms with E-state index >= 15 is 0 Å². The van der Waals surface area contributed by atoms with E-state index in [9.17, 15) is 13.2 Å². The molecule has 7 heteroatoms. The molecule has 1 aromatic rings. The Morgan fingerprint density at radius 3 is 2.43 bits per heavy atom. The van der Waals surface area contributed by atoms with Gasteiger partial charge in [0.25, 0.3) is 0 Å². The van der Waals surface area contributed by atoms with Gasteiger partial charge in [-0.1, -0.05) is 0 Å². The first kappa shape index (κ1) is 16.4. The third kappa shape index (κ3) is 3.72. The summed E-state index contributed by atoms with van der Waals surface area (Å²) in [7, 11) is -3.11. The number of amides is 1. The molecule has 126 valence electrons. The summed E-state index contributed by atoms with van der Waals surface area (Å²) in [5.41, 5.74) is 1.15. The van der Waals surface area contributed by atoms with Crippen LogP contribution in [-0.2, 0) is 21.4 Å². The molecule has 1 spiro atoms. The van der Waals surface area contributed by atoms with E-state index in [2.05, 4.69) is 4.98 Å². The Balaban J connectivity index is 1.67. The number of nitrogens with zero attached hydrogens (tertiary/aromatic N) is 3. The lowest BCUT2D eigenvalue weighted by Crippen LogP contribution is -2.51. The van der Waals surface area contributed by atoms with Gasteiger partial charge < -0.3 is 4.90 Å². The molecule has 2 aliphatic heterocycles. The molecule has 0 unspecified atom stereocenters. The van der Waals surface area contributed by atoms with Gasteiger partial charge in [-0.25, -0.2) is 12.7 Å². The predicted molar refractivity (Wildman–Crippen MR) is 87.0 cm³/mol. The number of piperidine rings is 2. The van der Waals surface area contributed by atoms with Crippen molar-refractivity contribution in [2.45, 2.75) is 32.2 Å². The van der Waals surface area contributed by atoms with Crippen molar-refractivity contribution in [1.29, 1.82) is 0 Å². The number of hydrogen-bond donors (Lipinski definition) is 0. The fourth-order valence-electron chi connectivity index (χ4n) is 3.66. The van der Waals surface area contributed by atoms with Crippen molar-refractivity contribution < 1.29 is 13.2 Å². The summed E-state index contributed by atoms with van der Waals surface area (Å²) < 4.78 is 24.9. The van der Waals surface area contributed by atoms with Crippen LogP contribution in [0.3, 0.4) is 0 Å². The van der Waals surface area contributed by atoms with Crippen LogP contribution in [0, 0.1) is 5.41 Å². The fraction of sp³-hybridized carbons (Fsp3) is 0.625. The lowest BCUT2D eigenvalue weighted by molar-refractivity contribution is -0.139. The highest BCUT2D eigenvalue weighted by atomic mass is 32.2. The normalized spacial score (nSPS) is 22.5. The van der Waals surface area contributed by atoms with Crippen molar-refractivity contribution in [3.05, 3.63) is 30.1 Å². The second-order valence-electron chi connectivity index (χ2n) is 6.77. The van der Waals surface area contributed by atoms with Gasteiger partial charge in [0.15, 0.2) is 0 Å². The maximum atomic E-state index is 12.3. The smallest absolute Gasteiger partial charge is 0.222 e. The molecule has 0 aliphatic carbocycles. The van der Waals surface area contributed by atoms with Crippen molar-refractivity contribution >= 4 is 15.9 Å². The highest BCUT2D eigenvalue weighted by Gasteiger charge is 2.42. The van der Waals surface area contributed by atoms with Crippen molar-refractivity contribution in [1.82, 2.24) is 14.2 Å². The van der Waals surface area contributed by atoms with Crippen molar-refractivity contribution in [2.75, 3.05) is 25.9 Å². The second-order valence-corrected chi connectivity index (χ2v) is 8.75. The molecule has 2 saturated heterocycles. The molecule has 0 saturated carbocycles. The van der Waals surface area contributed by atoms with Gasteiger partial charge in [0.05, 0.1) is 6.26 Å². The largest absolute Gasteiger partial charge is 0.338 e. The number of sulfonamides is 1. The third-order valence-corrected chi connectivity index (χ3v) is 6.43. The van der Waals surface area contributed by atoms with E-state index in [4.69, 9.17) is 0 Å². The van der Waals surface area contributed by atoms with Crippen LogP contribution in [0.15, 0.2) is 24.5 Å². The van der Waals surface area contributed by atoms with Crippen LogP contribution in [0.5, 0.6) is 0 Å². The Labute approximate surface area is 137 Å². The first-order valence-electron chi connectivity index (χ1n) is 8.00. The van der Waals surface area contributed by atoms with E-state index in [1.807, 2.05) is 17.0 Å². The molecule has 6 nitrogen and oxygen atoms in total. The predicted octanol–water partition coefficient (Wildman–Crippen LogP) is 1.25. The van der Waals surface area contributed by atoms with Crippen molar-refractivity contribution in [2.24, 2.45) is 5.41 Å². The highest BCUT2D eigenvalue weighted by molar-refractivity contribution is 7.88. The zero-order valence-electron chi connectivity index (χ0n) is 13.4. The van der Waals surface area contributed by atoms with Crippen LogP contribution in [0.2, 0.25) is 0 Å². The van der Waals surface area contributed by atoms with Gasteiger partial charge >= 0.3 is 0 Å².